The molecule has 0 aliphatic heterocycles. The summed E-state index contributed by atoms with van der Waals surface area (Å²) in [6, 6.07) is 88.8. The molecule has 0 radical (unpaired) electrons. The summed E-state index contributed by atoms with van der Waals surface area (Å²) in [6.45, 7) is 12.8. The van der Waals surface area contributed by atoms with E-state index in [4.69, 9.17) is 0 Å². The van der Waals surface area contributed by atoms with Crippen LogP contribution in [0.25, 0.3) is 44.5 Å². The first kappa shape index (κ1) is 47.0. The number of hydrogen-bond acceptors (Lipinski definition) is 2. The Hall–Kier alpha value is -8.72. The molecule has 0 N–H and O–H groups in total. The highest BCUT2D eigenvalue weighted by molar-refractivity contribution is 5.87. The molecule has 0 atom stereocenters. The second-order valence-electron chi connectivity index (χ2n) is 19.2. The average molecular weight is 929 g/mol. The lowest BCUT2D eigenvalue weighted by Crippen LogP contribution is -2.10. The summed E-state index contributed by atoms with van der Waals surface area (Å²) in [6.07, 6.45) is 4.60. The summed E-state index contributed by atoms with van der Waals surface area (Å²) in [5.41, 5.74) is 25.8. The molecule has 10 aromatic carbocycles. The molecule has 72 heavy (non-hydrogen) atoms. The van der Waals surface area contributed by atoms with Gasteiger partial charge in [-0.05, 0) is 146 Å². The summed E-state index contributed by atoms with van der Waals surface area (Å²) in [5, 5.41) is 0. The SMILES string of the molecule is Cc1ccc(C(=CN(c2ccc(-c3ccc(C)cc3)cc2)c2ccc(-c3ccc(N(C=C(c4ccc(C)cc4)c4ccc(C)cc4)c4ccc(-c5ccc(C)cc5)cc4)cc3)cc2)c2ccc(C)cc2)cc1. The van der Waals surface area contributed by atoms with Crippen molar-refractivity contribution >= 4 is 33.9 Å². The van der Waals surface area contributed by atoms with E-state index in [1.165, 1.54) is 77.9 Å². The van der Waals surface area contributed by atoms with E-state index in [9.17, 15) is 0 Å². The summed E-state index contributed by atoms with van der Waals surface area (Å²) in [5.74, 6) is 0. The third-order valence-corrected chi connectivity index (χ3v) is 13.7. The fraction of sp³-hybridized carbons (Fsp3) is 0.0857. The Morgan fingerprint density at radius 2 is 0.361 bits per heavy atom. The van der Waals surface area contributed by atoms with Crippen molar-refractivity contribution in [2.24, 2.45) is 0 Å². The number of benzene rings is 10. The zero-order valence-electron chi connectivity index (χ0n) is 42.1. The van der Waals surface area contributed by atoms with Gasteiger partial charge in [0, 0.05) is 46.3 Å². The van der Waals surface area contributed by atoms with Gasteiger partial charge in [0.2, 0.25) is 0 Å². The summed E-state index contributed by atoms with van der Waals surface area (Å²) >= 11 is 0. The highest BCUT2D eigenvalue weighted by Crippen LogP contribution is 2.37. The Kier molecular flexibility index (Phi) is 13.8. The molecule has 10 aromatic rings. The third kappa shape index (κ3) is 10.8. The molecule has 10 rings (SSSR count). The molecular formula is C70H60N2. The first-order valence-electron chi connectivity index (χ1n) is 25.0. The first-order chi connectivity index (χ1) is 35.1. The summed E-state index contributed by atoms with van der Waals surface area (Å²) in [7, 11) is 0. The monoisotopic (exact) mass is 928 g/mol. The quantitative estimate of drug-likeness (QED) is 0.114. The molecule has 0 aliphatic carbocycles. The van der Waals surface area contributed by atoms with Gasteiger partial charge in [-0.3, -0.25) is 0 Å². The van der Waals surface area contributed by atoms with Crippen LogP contribution in [-0.2, 0) is 0 Å². The Morgan fingerprint density at radius 3 is 0.542 bits per heavy atom. The molecule has 0 saturated heterocycles. The van der Waals surface area contributed by atoms with Crippen LogP contribution in [0.1, 0.15) is 55.6 Å². The molecule has 0 saturated carbocycles. The third-order valence-electron chi connectivity index (χ3n) is 13.7. The van der Waals surface area contributed by atoms with Crippen molar-refractivity contribution in [2.45, 2.75) is 41.5 Å². The van der Waals surface area contributed by atoms with Gasteiger partial charge >= 0.3 is 0 Å². The molecule has 0 fully saturated rings. The van der Waals surface area contributed by atoms with Crippen LogP contribution in [0.3, 0.4) is 0 Å². The number of rotatable bonds is 13. The second kappa shape index (κ2) is 21.1. The van der Waals surface area contributed by atoms with E-state index in [0.717, 1.165) is 45.0 Å². The van der Waals surface area contributed by atoms with Gasteiger partial charge in [0.1, 0.15) is 0 Å². The van der Waals surface area contributed by atoms with Gasteiger partial charge in [0.25, 0.3) is 0 Å². The molecule has 350 valence electrons. The van der Waals surface area contributed by atoms with Gasteiger partial charge < -0.3 is 9.80 Å². The molecule has 2 nitrogen and oxygen atoms in total. The summed E-state index contributed by atoms with van der Waals surface area (Å²) in [4.78, 5) is 4.66. The van der Waals surface area contributed by atoms with Crippen molar-refractivity contribution in [1.82, 2.24) is 0 Å². The van der Waals surface area contributed by atoms with Gasteiger partial charge in [-0.1, -0.05) is 228 Å². The summed E-state index contributed by atoms with van der Waals surface area (Å²) < 4.78 is 0. The van der Waals surface area contributed by atoms with Gasteiger partial charge in [0.15, 0.2) is 0 Å². The number of aryl methyl sites for hydroxylation is 6. The van der Waals surface area contributed by atoms with Gasteiger partial charge in [-0.15, -0.1) is 0 Å². The van der Waals surface area contributed by atoms with Gasteiger partial charge in [-0.2, -0.15) is 0 Å². The highest BCUT2D eigenvalue weighted by Gasteiger charge is 2.16. The predicted octanol–water partition coefficient (Wildman–Crippen LogP) is 19.0. The molecule has 0 amide bonds. The maximum absolute atomic E-state index is 2.33. The van der Waals surface area contributed by atoms with E-state index in [-0.39, 0.29) is 0 Å². The minimum Gasteiger partial charge on any atom is -0.317 e. The molecular weight excluding hydrogens is 869 g/mol. The first-order valence-corrected chi connectivity index (χ1v) is 25.0. The molecule has 2 heteroatoms. The highest BCUT2D eigenvalue weighted by atomic mass is 15.1. The minimum absolute atomic E-state index is 1.07. The minimum atomic E-state index is 1.07. The Balaban J connectivity index is 1.03. The molecule has 0 heterocycles. The fourth-order valence-corrected chi connectivity index (χ4v) is 9.17. The Morgan fingerprint density at radius 1 is 0.208 bits per heavy atom. The number of hydrogen-bond donors (Lipinski definition) is 0. The molecule has 0 bridgehead atoms. The molecule has 0 aromatic heterocycles. The number of anilines is 4. The van der Waals surface area contributed by atoms with Crippen molar-refractivity contribution < 1.29 is 0 Å². The van der Waals surface area contributed by atoms with Gasteiger partial charge in [-0.25, -0.2) is 0 Å². The second-order valence-corrected chi connectivity index (χ2v) is 19.2. The zero-order chi connectivity index (χ0) is 49.6. The predicted molar refractivity (Wildman–Crippen MR) is 308 cm³/mol. The number of nitrogens with zero attached hydrogens (tertiary/aromatic N) is 2. The van der Waals surface area contributed by atoms with Crippen LogP contribution in [-0.4, -0.2) is 0 Å². The van der Waals surface area contributed by atoms with Crippen LogP contribution in [0.15, 0.2) is 255 Å². The topological polar surface area (TPSA) is 6.48 Å². The molecule has 0 unspecified atom stereocenters. The van der Waals surface area contributed by atoms with Crippen molar-refractivity contribution in [3.05, 3.63) is 311 Å². The maximum atomic E-state index is 2.33. The largest absolute Gasteiger partial charge is 0.317 e. The normalized spacial score (nSPS) is 10.9. The van der Waals surface area contributed by atoms with E-state index < -0.39 is 0 Å². The van der Waals surface area contributed by atoms with E-state index >= 15 is 0 Å². The van der Waals surface area contributed by atoms with Crippen molar-refractivity contribution in [3.63, 3.8) is 0 Å². The maximum Gasteiger partial charge on any atom is 0.0456 e. The smallest absolute Gasteiger partial charge is 0.0456 e. The average Bonchev–Trinajstić information content (AvgIpc) is 3.42. The van der Waals surface area contributed by atoms with Crippen LogP contribution >= 0.6 is 0 Å². The van der Waals surface area contributed by atoms with Crippen molar-refractivity contribution in [3.8, 4) is 33.4 Å². The lowest BCUT2D eigenvalue weighted by atomic mass is 9.96. The van der Waals surface area contributed by atoms with E-state index in [0.29, 0.717) is 0 Å². The van der Waals surface area contributed by atoms with Crippen LogP contribution in [0.5, 0.6) is 0 Å². The van der Waals surface area contributed by atoms with Crippen LogP contribution in [0.4, 0.5) is 22.7 Å². The van der Waals surface area contributed by atoms with E-state index in [1.807, 2.05) is 0 Å². The standard InChI is InChI=1S/C70H60N2/c1-49-7-19-55(20-8-49)57-31-39-65(40-32-57)71(47-69(61-23-11-51(3)12-24-61)62-25-13-52(4)14-26-62)67-43-35-59(36-44-67)60-37-45-68(46-38-60)72(66-41-33-58(34-42-66)56-21-9-50(2)10-22-56)48-70(63-27-15-53(5)16-28-63)64-29-17-54(6)18-30-64/h7-48H,1-6H3. The van der Waals surface area contributed by atoms with Crippen LogP contribution < -0.4 is 9.80 Å². The van der Waals surface area contributed by atoms with E-state index in [1.54, 1.807) is 0 Å². The Labute approximate surface area is 427 Å². The van der Waals surface area contributed by atoms with E-state index in [2.05, 4.69) is 306 Å². The van der Waals surface area contributed by atoms with Crippen LogP contribution in [0.2, 0.25) is 0 Å². The fourth-order valence-electron chi connectivity index (χ4n) is 9.17. The van der Waals surface area contributed by atoms with Crippen molar-refractivity contribution in [1.29, 1.82) is 0 Å². The zero-order valence-corrected chi connectivity index (χ0v) is 42.1. The molecule has 0 spiro atoms. The molecule has 0 aliphatic rings. The lowest BCUT2D eigenvalue weighted by molar-refractivity contribution is 1.27. The lowest BCUT2D eigenvalue weighted by Gasteiger charge is -2.25. The van der Waals surface area contributed by atoms with Crippen molar-refractivity contribution in [2.75, 3.05) is 9.80 Å². The van der Waals surface area contributed by atoms with Crippen LogP contribution in [0, 0.1) is 41.5 Å². The Bertz CT molecular complexity index is 3120. The van der Waals surface area contributed by atoms with Gasteiger partial charge in [0.05, 0.1) is 0 Å².